The topological polar surface area (TPSA) is 84.6 Å². The summed E-state index contributed by atoms with van der Waals surface area (Å²) in [6, 6.07) is 0.450. The number of carbonyl (C=O) groups is 1. The quantitative estimate of drug-likeness (QED) is 0.823. The zero-order valence-corrected chi connectivity index (χ0v) is 9.26. The minimum atomic E-state index is -1.08. The molecule has 2 fully saturated rings. The summed E-state index contributed by atoms with van der Waals surface area (Å²) in [6.45, 7) is 0.741. The van der Waals surface area contributed by atoms with Gasteiger partial charge in [-0.1, -0.05) is 0 Å². The summed E-state index contributed by atoms with van der Waals surface area (Å²) in [7, 11) is 0. The van der Waals surface area contributed by atoms with Crippen molar-refractivity contribution in [2.75, 3.05) is 11.9 Å². The Morgan fingerprint density at radius 3 is 2.94 bits per heavy atom. The number of hydrogen-bond acceptors (Lipinski definition) is 5. The Balaban J connectivity index is 1.66. The fourth-order valence-corrected chi connectivity index (χ4v) is 2.25. The highest BCUT2D eigenvalue weighted by molar-refractivity contribution is 5.85. The second-order valence-corrected chi connectivity index (χ2v) is 4.56. The Labute approximate surface area is 98.0 Å². The first-order chi connectivity index (χ1) is 8.24. The summed E-state index contributed by atoms with van der Waals surface area (Å²) in [5.41, 5.74) is -0.0746. The van der Waals surface area contributed by atoms with E-state index in [0.29, 0.717) is 5.92 Å². The SMILES string of the molecule is O=C(O)c1coc(NC2CCOC2C2CC2)n1. The number of nitrogens with zero attached hydrogens (tertiary/aromatic N) is 1. The molecule has 0 spiro atoms. The van der Waals surface area contributed by atoms with Crippen LogP contribution in [-0.2, 0) is 4.74 Å². The number of carboxylic acid groups (broad SMARTS) is 1. The molecular formula is C11H14N2O4. The first-order valence-electron chi connectivity index (χ1n) is 5.81. The Kier molecular flexibility index (Phi) is 2.51. The smallest absolute Gasteiger partial charge is 0.357 e. The van der Waals surface area contributed by atoms with Crippen molar-refractivity contribution in [3.8, 4) is 0 Å². The monoisotopic (exact) mass is 238 g/mol. The third-order valence-corrected chi connectivity index (χ3v) is 3.25. The number of anilines is 1. The zero-order valence-electron chi connectivity index (χ0n) is 9.26. The van der Waals surface area contributed by atoms with E-state index in [0.717, 1.165) is 19.3 Å². The van der Waals surface area contributed by atoms with E-state index < -0.39 is 5.97 Å². The normalized spacial score (nSPS) is 28.2. The van der Waals surface area contributed by atoms with Crippen LogP contribution in [0.3, 0.4) is 0 Å². The number of oxazole rings is 1. The van der Waals surface area contributed by atoms with Crippen molar-refractivity contribution in [1.29, 1.82) is 0 Å². The molecule has 0 aromatic carbocycles. The van der Waals surface area contributed by atoms with E-state index in [1.165, 1.54) is 12.8 Å². The maximum Gasteiger partial charge on any atom is 0.357 e. The Hall–Kier alpha value is -1.56. The van der Waals surface area contributed by atoms with Crippen LogP contribution in [0.5, 0.6) is 0 Å². The molecule has 2 atom stereocenters. The highest BCUT2D eigenvalue weighted by Crippen LogP contribution is 2.39. The van der Waals surface area contributed by atoms with Crippen molar-refractivity contribution in [2.24, 2.45) is 5.92 Å². The Bertz CT molecular complexity index is 427. The van der Waals surface area contributed by atoms with Crippen LogP contribution in [0.4, 0.5) is 6.01 Å². The molecule has 92 valence electrons. The van der Waals surface area contributed by atoms with Crippen molar-refractivity contribution in [3.63, 3.8) is 0 Å². The lowest BCUT2D eigenvalue weighted by Gasteiger charge is -2.17. The number of nitrogens with one attached hydrogen (secondary N) is 1. The number of rotatable bonds is 4. The molecule has 1 aliphatic carbocycles. The highest BCUT2D eigenvalue weighted by atomic mass is 16.5. The Morgan fingerprint density at radius 2 is 2.29 bits per heavy atom. The van der Waals surface area contributed by atoms with Crippen LogP contribution in [0.1, 0.15) is 29.8 Å². The summed E-state index contributed by atoms with van der Waals surface area (Å²) in [5, 5.41) is 11.9. The van der Waals surface area contributed by atoms with Gasteiger partial charge in [0, 0.05) is 6.61 Å². The molecule has 6 heteroatoms. The van der Waals surface area contributed by atoms with Crippen molar-refractivity contribution in [3.05, 3.63) is 12.0 Å². The minimum Gasteiger partial charge on any atom is -0.476 e. The molecule has 2 heterocycles. The number of carboxylic acids is 1. The number of ether oxygens (including phenoxy) is 1. The fourth-order valence-electron chi connectivity index (χ4n) is 2.25. The van der Waals surface area contributed by atoms with Crippen LogP contribution in [0.15, 0.2) is 10.7 Å². The predicted molar refractivity (Wildman–Crippen MR) is 58.0 cm³/mol. The second kappa shape index (κ2) is 4.03. The summed E-state index contributed by atoms with van der Waals surface area (Å²) in [5.74, 6) is -0.438. The molecule has 6 nitrogen and oxygen atoms in total. The summed E-state index contributed by atoms with van der Waals surface area (Å²) < 4.78 is 10.7. The van der Waals surface area contributed by atoms with Crippen LogP contribution < -0.4 is 5.32 Å². The number of aromatic carboxylic acids is 1. The molecule has 2 aliphatic rings. The standard InChI is InChI=1S/C11H14N2O4/c14-10(15)8-5-17-11(13-8)12-7-3-4-16-9(7)6-1-2-6/h5-7,9H,1-4H2,(H,12,13)(H,14,15). The van der Waals surface area contributed by atoms with Gasteiger partial charge >= 0.3 is 5.97 Å². The van der Waals surface area contributed by atoms with Crippen molar-refractivity contribution >= 4 is 12.0 Å². The van der Waals surface area contributed by atoms with Gasteiger partial charge in [0.15, 0.2) is 5.69 Å². The average molecular weight is 238 g/mol. The van der Waals surface area contributed by atoms with Crippen molar-refractivity contribution in [1.82, 2.24) is 4.98 Å². The van der Waals surface area contributed by atoms with Crippen molar-refractivity contribution < 1.29 is 19.1 Å². The molecule has 1 saturated heterocycles. The highest BCUT2D eigenvalue weighted by Gasteiger charge is 2.41. The van der Waals surface area contributed by atoms with Crippen LogP contribution in [0.2, 0.25) is 0 Å². The van der Waals surface area contributed by atoms with E-state index in [4.69, 9.17) is 14.3 Å². The molecule has 0 bridgehead atoms. The Morgan fingerprint density at radius 1 is 1.47 bits per heavy atom. The van der Waals surface area contributed by atoms with Crippen LogP contribution in [0.25, 0.3) is 0 Å². The van der Waals surface area contributed by atoms with E-state index in [2.05, 4.69) is 10.3 Å². The second-order valence-electron chi connectivity index (χ2n) is 4.56. The molecule has 1 aliphatic heterocycles. The van der Waals surface area contributed by atoms with Gasteiger partial charge in [-0.3, -0.25) is 0 Å². The lowest BCUT2D eigenvalue weighted by molar-refractivity contribution is 0.0690. The summed E-state index contributed by atoms with van der Waals surface area (Å²) in [6.07, 6.45) is 4.71. The number of hydrogen-bond donors (Lipinski definition) is 2. The fraction of sp³-hybridized carbons (Fsp3) is 0.636. The van der Waals surface area contributed by atoms with Crippen molar-refractivity contribution in [2.45, 2.75) is 31.4 Å². The third-order valence-electron chi connectivity index (χ3n) is 3.25. The molecule has 1 saturated carbocycles. The van der Waals surface area contributed by atoms with Crippen LogP contribution >= 0.6 is 0 Å². The van der Waals surface area contributed by atoms with E-state index in [9.17, 15) is 4.79 Å². The maximum atomic E-state index is 10.7. The molecule has 1 aromatic heterocycles. The predicted octanol–water partition coefficient (Wildman–Crippen LogP) is 1.35. The van der Waals surface area contributed by atoms with Crippen LogP contribution in [-0.4, -0.2) is 34.8 Å². The molecule has 1 aromatic rings. The summed E-state index contributed by atoms with van der Waals surface area (Å²) >= 11 is 0. The molecule has 3 rings (SSSR count). The molecule has 2 unspecified atom stereocenters. The van der Waals surface area contributed by atoms with Gasteiger partial charge in [-0.15, -0.1) is 0 Å². The average Bonchev–Trinajstić information content (AvgIpc) is 2.86. The van der Waals surface area contributed by atoms with Gasteiger partial charge in [0.25, 0.3) is 6.01 Å². The summed E-state index contributed by atoms with van der Waals surface area (Å²) in [4.78, 5) is 14.5. The zero-order chi connectivity index (χ0) is 11.8. The van der Waals surface area contributed by atoms with E-state index in [1.807, 2.05) is 0 Å². The van der Waals surface area contributed by atoms with Gasteiger partial charge in [0.2, 0.25) is 0 Å². The van der Waals surface area contributed by atoms with Gasteiger partial charge in [-0.2, -0.15) is 4.98 Å². The largest absolute Gasteiger partial charge is 0.476 e. The van der Waals surface area contributed by atoms with Gasteiger partial charge in [0.05, 0.1) is 12.1 Å². The van der Waals surface area contributed by atoms with Crippen LogP contribution in [0, 0.1) is 5.92 Å². The van der Waals surface area contributed by atoms with E-state index in [-0.39, 0.29) is 23.9 Å². The lowest BCUT2D eigenvalue weighted by Crippen LogP contribution is -2.31. The molecular weight excluding hydrogens is 224 g/mol. The molecule has 17 heavy (non-hydrogen) atoms. The van der Waals surface area contributed by atoms with E-state index in [1.54, 1.807) is 0 Å². The molecule has 0 amide bonds. The van der Waals surface area contributed by atoms with E-state index >= 15 is 0 Å². The minimum absolute atomic E-state index is 0.0746. The van der Waals surface area contributed by atoms with Gasteiger partial charge < -0.3 is 19.6 Å². The number of aromatic nitrogens is 1. The van der Waals surface area contributed by atoms with Gasteiger partial charge in [0.1, 0.15) is 6.26 Å². The first-order valence-corrected chi connectivity index (χ1v) is 5.81. The molecule has 2 N–H and O–H groups in total. The van der Waals surface area contributed by atoms with Gasteiger partial charge in [-0.05, 0) is 25.2 Å². The maximum absolute atomic E-state index is 10.7. The lowest BCUT2D eigenvalue weighted by atomic mass is 10.1. The van der Waals surface area contributed by atoms with Gasteiger partial charge in [-0.25, -0.2) is 4.79 Å². The third kappa shape index (κ3) is 2.12. The first kappa shape index (κ1) is 10.6. The molecule has 0 radical (unpaired) electrons.